The number of thioether (sulfide) groups is 1. The van der Waals surface area contributed by atoms with Crippen molar-refractivity contribution in [2.75, 3.05) is 54.4 Å². The molecule has 60 heavy (non-hydrogen) atoms. The maximum Gasteiger partial charge on any atom is 0.410 e. The lowest BCUT2D eigenvalue weighted by Crippen LogP contribution is -2.49. The highest BCUT2D eigenvalue weighted by Crippen LogP contribution is 2.27. The lowest BCUT2D eigenvalue weighted by molar-refractivity contribution is -0.127. The third kappa shape index (κ3) is 11.8. The molecule has 2 atom stereocenters. The van der Waals surface area contributed by atoms with Gasteiger partial charge in [-0.15, -0.1) is 0 Å². The topological polar surface area (TPSA) is 203 Å². The number of carbonyl (C=O) groups is 5. The second-order valence-corrected chi connectivity index (χ2v) is 15.8. The minimum absolute atomic E-state index is 0.0195. The maximum atomic E-state index is 15.3. The number of nitrogens with one attached hydrogen (secondary N) is 2. The number of benzene rings is 3. The Morgan fingerprint density at radius 1 is 0.933 bits per heavy atom. The third-order valence-corrected chi connectivity index (χ3v) is 11.2. The molecule has 1 aliphatic heterocycles. The highest BCUT2D eigenvalue weighted by atomic mass is 32.2. The van der Waals surface area contributed by atoms with Gasteiger partial charge in [0.15, 0.2) is 5.78 Å². The van der Waals surface area contributed by atoms with Crippen molar-refractivity contribution in [3.63, 3.8) is 0 Å². The first-order chi connectivity index (χ1) is 28.8. The summed E-state index contributed by atoms with van der Waals surface area (Å²) >= 11 is 1.46. The number of carbonyl (C=O) groups excluding carboxylic acids is 4. The van der Waals surface area contributed by atoms with Crippen molar-refractivity contribution >= 4 is 63.9 Å². The number of rotatable bonds is 18. The number of anilines is 2. The first-order valence-corrected chi connectivity index (χ1v) is 20.9. The van der Waals surface area contributed by atoms with Crippen molar-refractivity contribution in [3.8, 4) is 0 Å². The molecule has 3 aromatic carbocycles. The molecule has 320 valence electrons. The quantitative estimate of drug-likeness (QED) is 0.0921. The van der Waals surface area contributed by atoms with Crippen LogP contribution in [0.5, 0.6) is 0 Å². The fraction of sp³-hybridized carbons (Fsp3) is 0.395. The molecule has 0 saturated carbocycles. The number of Topliss-reactive ketones (excluding diaryl/α,β-unsaturated/α-hetero) is 1. The molecule has 0 spiro atoms. The summed E-state index contributed by atoms with van der Waals surface area (Å²) in [7, 11) is 0. The van der Waals surface area contributed by atoms with Gasteiger partial charge in [-0.3, -0.25) is 14.4 Å². The molecule has 5 rings (SSSR count). The van der Waals surface area contributed by atoms with Crippen molar-refractivity contribution in [1.82, 2.24) is 14.8 Å². The number of piperazine rings is 1. The zero-order chi connectivity index (χ0) is 43.3. The molecular weight excluding hydrogens is 796 g/mol. The van der Waals surface area contributed by atoms with Crippen LogP contribution < -0.4 is 26.7 Å². The molecule has 1 fully saturated rings. The molecule has 1 saturated heterocycles. The molecule has 15 nitrogen and oxygen atoms in total. The molecule has 3 amide bonds. The summed E-state index contributed by atoms with van der Waals surface area (Å²) in [5.41, 5.74) is 7.11. The number of nitrogens with two attached hydrogens (primary N) is 1. The van der Waals surface area contributed by atoms with Crippen molar-refractivity contribution < 1.29 is 42.9 Å². The van der Waals surface area contributed by atoms with Crippen molar-refractivity contribution in [1.29, 1.82) is 0 Å². The van der Waals surface area contributed by atoms with E-state index in [2.05, 4.69) is 10.6 Å². The first kappa shape index (κ1) is 45.1. The van der Waals surface area contributed by atoms with E-state index < -0.39 is 46.9 Å². The van der Waals surface area contributed by atoms with E-state index in [1.165, 1.54) is 28.9 Å². The van der Waals surface area contributed by atoms with Gasteiger partial charge in [0.25, 0.3) is 0 Å². The van der Waals surface area contributed by atoms with Crippen LogP contribution in [0.15, 0.2) is 77.7 Å². The van der Waals surface area contributed by atoms with Gasteiger partial charge in [0.1, 0.15) is 24.6 Å². The standard InChI is InChI=1S/C43H51FN6O9S/c1-4-48-23-33(41(54)55)39(52)32-21-34(44)36(22-35(32)48)49-15-17-50(18-16-49)43(57)59-25-29-10-12-31(13-11-29)46-40(53)30(26-60-19-14-45)20-37(51)38(27(2)3)47-42(56)58-24-28-8-6-5-7-9-28/h5-13,21-23,27,30,38H,4,14-20,24-26,45H2,1-3H3,(H,46,53)(H,47,56)(H,54,55)/t30-,38-/m0/s1. The zero-order valence-corrected chi connectivity index (χ0v) is 34.7. The van der Waals surface area contributed by atoms with Gasteiger partial charge in [-0.25, -0.2) is 18.8 Å². The van der Waals surface area contributed by atoms with E-state index >= 15 is 4.39 Å². The fourth-order valence-electron chi connectivity index (χ4n) is 6.77. The Kier molecular flexibility index (Phi) is 16.1. The Morgan fingerprint density at radius 3 is 2.23 bits per heavy atom. The highest BCUT2D eigenvalue weighted by molar-refractivity contribution is 7.99. The Balaban J connectivity index is 1.12. The number of alkyl carbamates (subject to hydrolysis) is 1. The van der Waals surface area contributed by atoms with Crippen molar-refractivity contribution in [2.24, 2.45) is 17.6 Å². The lowest BCUT2D eigenvalue weighted by Gasteiger charge is -2.35. The van der Waals surface area contributed by atoms with E-state index in [1.807, 2.05) is 44.2 Å². The van der Waals surface area contributed by atoms with Crippen molar-refractivity contribution in [3.05, 3.63) is 106 Å². The normalized spacial score (nSPS) is 13.8. The van der Waals surface area contributed by atoms with Crippen LogP contribution in [0.3, 0.4) is 0 Å². The second kappa shape index (κ2) is 21.4. The van der Waals surface area contributed by atoms with Crippen LogP contribution in [0.2, 0.25) is 0 Å². The number of carboxylic acids is 1. The summed E-state index contributed by atoms with van der Waals surface area (Å²) in [6.07, 6.45) is -0.121. The zero-order valence-electron chi connectivity index (χ0n) is 33.9. The number of halogens is 1. The molecule has 0 aliphatic carbocycles. The van der Waals surface area contributed by atoms with E-state index in [1.54, 1.807) is 40.7 Å². The number of amides is 3. The second-order valence-electron chi connectivity index (χ2n) is 14.7. The molecule has 5 N–H and O–H groups in total. The summed E-state index contributed by atoms with van der Waals surface area (Å²) in [5.74, 6) is -2.73. The predicted octanol–water partition coefficient (Wildman–Crippen LogP) is 5.47. The molecule has 17 heteroatoms. The summed E-state index contributed by atoms with van der Waals surface area (Å²) in [6, 6.07) is 17.7. The Morgan fingerprint density at radius 2 is 1.60 bits per heavy atom. The average Bonchev–Trinajstić information content (AvgIpc) is 3.24. The lowest BCUT2D eigenvalue weighted by atomic mass is 9.93. The van der Waals surface area contributed by atoms with Crippen LogP contribution in [-0.2, 0) is 38.8 Å². The largest absolute Gasteiger partial charge is 0.477 e. The van der Waals surface area contributed by atoms with Gasteiger partial charge in [0, 0.05) is 74.5 Å². The fourth-order valence-corrected chi connectivity index (χ4v) is 7.65. The van der Waals surface area contributed by atoms with Gasteiger partial charge in [0.05, 0.1) is 23.2 Å². The Bertz CT molecular complexity index is 2210. The number of fused-ring (bicyclic) bond motifs is 1. The van der Waals surface area contributed by atoms with Gasteiger partial charge >= 0.3 is 18.2 Å². The average molecular weight is 847 g/mol. The molecule has 0 unspecified atom stereocenters. The smallest absolute Gasteiger partial charge is 0.410 e. The van der Waals surface area contributed by atoms with E-state index in [0.717, 1.165) is 11.6 Å². The number of aromatic carboxylic acids is 1. The van der Waals surface area contributed by atoms with Gasteiger partial charge in [-0.2, -0.15) is 11.8 Å². The van der Waals surface area contributed by atoms with Crippen LogP contribution in [-0.4, -0.2) is 94.7 Å². The van der Waals surface area contributed by atoms with Crippen molar-refractivity contribution in [2.45, 2.75) is 53.0 Å². The molecule has 4 aromatic rings. The summed E-state index contributed by atoms with van der Waals surface area (Å²) in [5, 5.41) is 15.0. The van der Waals surface area contributed by atoms with E-state index in [9.17, 15) is 33.9 Å². The van der Waals surface area contributed by atoms with Crippen LogP contribution in [0.1, 0.15) is 48.7 Å². The minimum Gasteiger partial charge on any atom is -0.477 e. The van der Waals surface area contributed by atoms with Gasteiger partial charge < -0.3 is 45.3 Å². The number of hydrogen-bond donors (Lipinski definition) is 4. The molecular formula is C43H51FN6O9S. The number of ether oxygens (including phenoxy) is 2. The number of nitrogens with zero attached hydrogens (tertiary/aromatic N) is 3. The minimum atomic E-state index is -1.38. The summed E-state index contributed by atoms with van der Waals surface area (Å²) < 4.78 is 27.8. The highest BCUT2D eigenvalue weighted by Gasteiger charge is 2.30. The molecule has 0 radical (unpaired) electrons. The van der Waals surface area contributed by atoms with Crippen LogP contribution in [0, 0.1) is 17.7 Å². The molecule has 0 bridgehead atoms. The summed E-state index contributed by atoms with van der Waals surface area (Å²) in [6.45, 7) is 7.29. The monoisotopic (exact) mass is 846 g/mol. The van der Waals surface area contributed by atoms with Crippen LogP contribution in [0.25, 0.3) is 10.9 Å². The van der Waals surface area contributed by atoms with Crippen LogP contribution >= 0.6 is 11.8 Å². The van der Waals surface area contributed by atoms with E-state index in [0.29, 0.717) is 54.5 Å². The molecule has 1 aliphatic rings. The first-order valence-electron chi connectivity index (χ1n) is 19.7. The summed E-state index contributed by atoms with van der Waals surface area (Å²) in [4.78, 5) is 80.2. The number of aryl methyl sites for hydroxylation is 1. The number of ketones is 1. The number of aromatic nitrogens is 1. The Labute approximate surface area is 351 Å². The van der Waals surface area contributed by atoms with E-state index in [4.69, 9.17) is 15.2 Å². The SMILES string of the molecule is CCn1cc(C(=O)O)c(=O)c2cc(F)c(N3CCN(C(=O)OCc4ccc(NC(=O)[C@H](CSCCN)CC(=O)[C@@H](NC(=O)OCc5ccccc5)C(C)C)cc4)CC3)cc21. The molecule has 1 aromatic heterocycles. The van der Waals surface area contributed by atoms with Gasteiger partial charge in [-0.05, 0) is 48.2 Å². The third-order valence-electron chi connectivity index (χ3n) is 10.1. The molecule has 2 heterocycles. The number of hydrogen-bond acceptors (Lipinski definition) is 11. The maximum absolute atomic E-state index is 15.3. The van der Waals surface area contributed by atoms with Gasteiger partial charge in [0.2, 0.25) is 11.3 Å². The van der Waals surface area contributed by atoms with E-state index in [-0.39, 0.29) is 61.4 Å². The predicted molar refractivity (Wildman–Crippen MR) is 228 cm³/mol. The van der Waals surface area contributed by atoms with Gasteiger partial charge in [-0.1, -0.05) is 56.3 Å². The van der Waals surface area contributed by atoms with Crippen LogP contribution in [0.4, 0.5) is 25.4 Å². The number of carboxylic acid groups (broad SMARTS) is 1. The number of pyridine rings is 1. The Hall–Kier alpha value is -5.94.